The van der Waals surface area contributed by atoms with E-state index in [1.54, 1.807) is 18.3 Å². The molecule has 0 radical (unpaired) electrons. The van der Waals surface area contributed by atoms with Crippen LogP contribution in [0.4, 0.5) is 5.82 Å². The molecule has 4 heterocycles. The molecule has 1 unspecified atom stereocenters. The van der Waals surface area contributed by atoms with Crippen LogP contribution >= 0.6 is 0 Å². The molecule has 0 aromatic carbocycles. The summed E-state index contributed by atoms with van der Waals surface area (Å²) in [7, 11) is 1.96. The molecule has 4 rings (SSSR count). The van der Waals surface area contributed by atoms with Crippen LogP contribution in [-0.2, 0) is 9.53 Å². The third kappa shape index (κ3) is 2.34. The highest BCUT2D eigenvalue weighted by atomic mass is 16.5. The maximum atomic E-state index is 12.5. The Labute approximate surface area is 141 Å². The Morgan fingerprint density at radius 1 is 1.42 bits per heavy atom. The quantitative estimate of drug-likeness (QED) is 0.823. The van der Waals surface area contributed by atoms with Crippen molar-refractivity contribution in [2.24, 2.45) is 0 Å². The van der Waals surface area contributed by atoms with E-state index in [1.165, 1.54) is 0 Å². The van der Waals surface area contributed by atoms with Gasteiger partial charge >= 0.3 is 0 Å². The van der Waals surface area contributed by atoms with Gasteiger partial charge in [0.05, 0.1) is 5.56 Å². The van der Waals surface area contributed by atoms with E-state index in [1.807, 2.05) is 11.9 Å². The van der Waals surface area contributed by atoms with Crippen molar-refractivity contribution in [3.63, 3.8) is 0 Å². The Bertz CT molecular complexity index is 664. The standard InChI is InChI=1S/C17H22N4O3/c1-20-14-12(4-2-8-18-14)15(22)19-17(20)6-9-21(10-7-17)16(23)13-5-3-11-24-13/h2,4,8,13H,3,5-7,9-11H2,1H3,(H,19,22). The van der Waals surface area contributed by atoms with Crippen LogP contribution in [0.1, 0.15) is 36.0 Å². The number of nitrogens with one attached hydrogen (secondary N) is 1. The number of aromatic nitrogens is 1. The van der Waals surface area contributed by atoms with E-state index in [2.05, 4.69) is 15.2 Å². The van der Waals surface area contributed by atoms with Gasteiger partial charge in [0.15, 0.2) is 0 Å². The first-order valence-corrected chi connectivity index (χ1v) is 8.52. The molecule has 7 nitrogen and oxygen atoms in total. The fourth-order valence-electron chi connectivity index (χ4n) is 3.94. The molecule has 3 aliphatic rings. The summed E-state index contributed by atoms with van der Waals surface area (Å²) in [5.74, 6) is 0.709. The molecule has 0 bridgehead atoms. The highest BCUT2D eigenvalue weighted by Crippen LogP contribution is 2.35. The number of nitrogens with zero attached hydrogens (tertiary/aromatic N) is 3. The molecule has 2 fully saturated rings. The number of amides is 2. The van der Waals surface area contributed by atoms with Gasteiger partial charge in [0.1, 0.15) is 17.6 Å². The van der Waals surface area contributed by atoms with E-state index in [4.69, 9.17) is 4.74 Å². The number of anilines is 1. The van der Waals surface area contributed by atoms with Gasteiger partial charge in [0.2, 0.25) is 0 Å². The van der Waals surface area contributed by atoms with Crippen LogP contribution < -0.4 is 10.2 Å². The minimum Gasteiger partial charge on any atom is -0.368 e. The summed E-state index contributed by atoms with van der Waals surface area (Å²) in [5.41, 5.74) is 0.134. The SMILES string of the molecule is CN1c2ncccc2C(=O)NC12CCN(C(=O)C1CCCO1)CC2. The molecule has 2 saturated heterocycles. The Morgan fingerprint density at radius 3 is 2.92 bits per heavy atom. The number of hydrogen-bond donors (Lipinski definition) is 1. The molecular weight excluding hydrogens is 308 g/mol. The van der Waals surface area contributed by atoms with Gasteiger partial charge in [-0.2, -0.15) is 0 Å². The Morgan fingerprint density at radius 2 is 2.21 bits per heavy atom. The smallest absolute Gasteiger partial charge is 0.256 e. The number of piperidine rings is 1. The van der Waals surface area contributed by atoms with Gasteiger partial charge < -0.3 is 19.9 Å². The van der Waals surface area contributed by atoms with Crippen molar-refractivity contribution in [1.29, 1.82) is 0 Å². The first-order chi connectivity index (χ1) is 11.6. The molecule has 1 spiro atoms. The molecule has 0 aliphatic carbocycles. The van der Waals surface area contributed by atoms with Crippen LogP contribution in [0.5, 0.6) is 0 Å². The van der Waals surface area contributed by atoms with Crippen LogP contribution in [0.15, 0.2) is 18.3 Å². The van der Waals surface area contributed by atoms with Crippen molar-refractivity contribution < 1.29 is 14.3 Å². The van der Waals surface area contributed by atoms with Gasteiger partial charge in [-0.1, -0.05) is 0 Å². The second kappa shape index (κ2) is 5.73. The monoisotopic (exact) mass is 330 g/mol. The zero-order valence-corrected chi connectivity index (χ0v) is 13.8. The number of carbonyl (C=O) groups is 2. The fourth-order valence-corrected chi connectivity index (χ4v) is 3.94. The lowest BCUT2D eigenvalue weighted by molar-refractivity contribution is -0.142. The molecule has 3 aliphatic heterocycles. The van der Waals surface area contributed by atoms with Crippen LogP contribution in [0.25, 0.3) is 0 Å². The second-order valence-corrected chi connectivity index (χ2v) is 6.75. The minimum atomic E-state index is -0.467. The van der Waals surface area contributed by atoms with Crippen LogP contribution in [0, 0.1) is 0 Å². The summed E-state index contributed by atoms with van der Waals surface area (Å²) >= 11 is 0. The summed E-state index contributed by atoms with van der Waals surface area (Å²) in [6.07, 6.45) is 4.56. The Hall–Kier alpha value is -2.15. The molecule has 24 heavy (non-hydrogen) atoms. The first-order valence-electron chi connectivity index (χ1n) is 8.52. The molecule has 1 aromatic heterocycles. The van der Waals surface area contributed by atoms with E-state index < -0.39 is 5.66 Å². The Balaban J connectivity index is 1.50. The van der Waals surface area contributed by atoms with Crippen molar-refractivity contribution in [3.05, 3.63) is 23.9 Å². The number of fused-ring (bicyclic) bond motifs is 1. The van der Waals surface area contributed by atoms with E-state index in [9.17, 15) is 9.59 Å². The maximum absolute atomic E-state index is 12.5. The number of pyridine rings is 1. The average molecular weight is 330 g/mol. The fraction of sp³-hybridized carbons (Fsp3) is 0.588. The van der Waals surface area contributed by atoms with Crippen LogP contribution in [0.2, 0.25) is 0 Å². The van der Waals surface area contributed by atoms with Crippen LogP contribution in [0.3, 0.4) is 0 Å². The maximum Gasteiger partial charge on any atom is 0.256 e. The highest BCUT2D eigenvalue weighted by molar-refractivity contribution is 6.01. The van der Waals surface area contributed by atoms with E-state index in [0.717, 1.165) is 12.8 Å². The third-order valence-electron chi connectivity index (χ3n) is 5.44. The molecule has 1 N–H and O–H groups in total. The Kier molecular flexibility index (Phi) is 3.68. The summed E-state index contributed by atoms with van der Waals surface area (Å²) in [6.45, 7) is 1.91. The number of carbonyl (C=O) groups excluding carboxylic acids is 2. The number of ether oxygens (including phenoxy) is 1. The van der Waals surface area contributed by atoms with Gasteiger partial charge in [-0.25, -0.2) is 4.98 Å². The molecular formula is C17H22N4O3. The lowest BCUT2D eigenvalue weighted by atomic mass is 9.91. The van der Waals surface area contributed by atoms with Crippen LogP contribution in [-0.4, -0.2) is 60.2 Å². The van der Waals surface area contributed by atoms with Crippen molar-refractivity contribution in [2.75, 3.05) is 31.6 Å². The number of rotatable bonds is 1. The summed E-state index contributed by atoms with van der Waals surface area (Å²) in [5, 5.41) is 3.14. The average Bonchev–Trinajstić information content (AvgIpc) is 3.15. The summed E-state index contributed by atoms with van der Waals surface area (Å²) in [6, 6.07) is 3.56. The van der Waals surface area contributed by atoms with Crippen molar-refractivity contribution in [2.45, 2.75) is 37.5 Å². The summed E-state index contributed by atoms with van der Waals surface area (Å²) < 4.78 is 5.51. The van der Waals surface area contributed by atoms with Crippen molar-refractivity contribution >= 4 is 17.6 Å². The van der Waals surface area contributed by atoms with Crippen molar-refractivity contribution in [3.8, 4) is 0 Å². The largest absolute Gasteiger partial charge is 0.368 e. The lowest BCUT2D eigenvalue weighted by Gasteiger charge is -2.50. The lowest BCUT2D eigenvalue weighted by Crippen LogP contribution is -2.67. The highest BCUT2D eigenvalue weighted by Gasteiger charge is 2.46. The van der Waals surface area contributed by atoms with Gasteiger partial charge in [-0.05, 0) is 25.0 Å². The van der Waals surface area contributed by atoms with Gasteiger partial charge in [-0.15, -0.1) is 0 Å². The first kappa shape index (κ1) is 15.4. The van der Waals surface area contributed by atoms with Gasteiger partial charge in [-0.3, -0.25) is 9.59 Å². The molecule has 2 amide bonds. The molecule has 7 heteroatoms. The molecule has 128 valence electrons. The normalized spacial score (nSPS) is 25.5. The molecule has 1 aromatic rings. The molecule has 1 atom stereocenters. The van der Waals surface area contributed by atoms with Gasteiger partial charge in [0.25, 0.3) is 11.8 Å². The zero-order chi connectivity index (χ0) is 16.7. The van der Waals surface area contributed by atoms with E-state index in [-0.39, 0.29) is 17.9 Å². The number of likely N-dealkylation sites (tertiary alicyclic amines) is 1. The number of hydrogen-bond acceptors (Lipinski definition) is 5. The minimum absolute atomic E-state index is 0.0879. The summed E-state index contributed by atoms with van der Waals surface area (Å²) in [4.78, 5) is 33.3. The van der Waals surface area contributed by atoms with Gasteiger partial charge in [0, 0.05) is 45.8 Å². The predicted octanol–water partition coefficient (Wildman–Crippen LogP) is 0.759. The van der Waals surface area contributed by atoms with E-state index >= 15 is 0 Å². The topological polar surface area (TPSA) is 74.8 Å². The third-order valence-corrected chi connectivity index (χ3v) is 5.44. The van der Waals surface area contributed by atoms with E-state index in [0.29, 0.717) is 43.9 Å². The van der Waals surface area contributed by atoms with Crippen molar-refractivity contribution in [1.82, 2.24) is 15.2 Å². The second-order valence-electron chi connectivity index (χ2n) is 6.75. The molecule has 0 saturated carbocycles. The zero-order valence-electron chi connectivity index (χ0n) is 13.8. The predicted molar refractivity (Wildman–Crippen MR) is 87.6 cm³/mol.